The summed E-state index contributed by atoms with van der Waals surface area (Å²) in [5.41, 5.74) is 4.01. The predicted molar refractivity (Wildman–Crippen MR) is 59.7 cm³/mol. The molecule has 1 unspecified atom stereocenters. The lowest BCUT2D eigenvalue weighted by molar-refractivity contribution is -0.629. The molecular weight excluding hydrogens is 271 g/mol. The summed E-state index contributed by atoms with van der Waals surface area (Å²) < 4.78 is 52.1. The summed E-state index contributed by atoms with van der Waals surface area (Å²) in [7, 11) is -2.63. The van der Waals surface area contributed by atoms with Crippen LogP contribution in [-0.4, -0.2) is 17.1 Å². The Morgan fingerprint density at radius 1 is 1.50 bits per heavy atom. The Labute approximate surface area is 102 Å². The number of halogens is 3. The molecule has 1 heterocycles. The fraction of sp³-hybridized carbons (Fsp3) is 0.444. The molecule has 18 heavy (non-hydrogen) atoms. The maximum atomic E-state index is 12.3. The summed E-state index contributed by atoms with van der Waals surface area (Å²) in [5, 5.41) is 11.2. The van der Waals surface area contributed by atoms with Crippen molar-refractivity contribution < 1.29 is 22.1 Å². The first-order valence-electron chi connectivity index (χ1n) is 4.80. The van der Waals surface area contributed by atoms with Crippen LogP contribution in [0.4, 0.5) is 13.2 Å². The average molecular weight is 283 g/mol. The van der Waals surface area contributed by atoms with Gasteiger partial charge in [0, 0.05) is 27.6 Å². The molecule has 0 saturated carbocycles. The topological polar surface area (TPSA) is 82.4 Å². The molecule has 2 N–H and O–H groups in total. The van der Waals surface area contributed by atoms with E-state index in [2.05, 4.69) is 4.36 Å². The second-order valence-corrected chi connectivity index (χ2v) is 6.13. The summed E-state index contributed by atoms with van der Waals surface area (Å²) in [4.78, 5) is 0. The lowest BCUT2D eigenvalue weighted by Gasteiger charge is -2.09. The molecule has 1 atom stereocenters. The monoisotopic (exact) mass is 283 g/mol. The molecule has 0 spiro atoms. The maximum absolute atomic E-state index is 12.3. The van der Waals surface area contributed by atoms with Crippen LogP contribution in [0.3, 0.4) is 0 Å². The Balaban J connectivity index is 3.07. The first-order chi connectivity index (χ1) is 8.15. The smallest absolute Gasteiger partial charge is 0.478 e. The zero-order valence-electron chi connectivity index (χ0n) is 9.48. The third kappa shape index (κ3) is 3.84. The first-order valence-corrected chi connectivity index (χ1v) is 6.90. The Morgan fingerprint density at radius 3 is 2.56 bits per heavy atom. The quantitative estimate of drug-likeness (QED) is 0.659. The Hall–Kier alpha value is -1.35. The van der Waals surface area contributed by atoms with Gasteiger partial charge in [-0.25, -0.2) is 8.57 Å². The zero-order valence-corrected chi connectivity index (χ0v) is 10.3. The molecule has 0 saturated heterocycles. The van der Waals surface area contributed by atoms with E-state index in [0.717, 1.165) is 12.3 Å². The van der Waals surface area contributed by atoms with Crippen LogP contribution in [0.5, 0.6) is 0 Å². The molecule has 0 aliphatic rings. The van der Waals surface area contributed by atoms with Crippen molar-refractivity contribution in [1.82, 2.24) is 0 Å². The molecule has 1 aromatic heterocycles. The van der Waals surface area contributed by atoms with Crippen LogP contribution < -0.4 is 10.5 Å². The SMILES string of the molecule is CS(=O)(Cc1ccc(C(F)(F)F)[n+]([O-])c1)=NCN. The van der Waals surface area contributed by atoms with Gasteiger partial charge in [0.25, 0.3) is 5.69 Å². The zero-order chi connectivity index (χ0) is 14.0. The van der Waals surface area contributed by atoms with E-state index >= 15 is 0 Å². The van der Waals surface area contributed by atoms with Crippen molar-refractivity contribution in [3.05, 3.63) is 34.8 Å². The lowest BCUT2D eigenvalue weighted by atomic mass is 10.2. The maximum Gasteiger partial charge on any atom is 0.478 e. The number of hydrogen-bond acceptors (Lipinski definition) is 4. The molecule has 0 aromatic carbocycles. The van der Waals surface area contributed by atoms with Crippen LogP contribution in [0.25, 0.3) is 0 Å². The van der Waals surface area contributed by atoms with Crippen LogP contribution in [0.2, 0.25) is 0 Å². The van der Waals surface area contributed by atoms with Gasteiger partial charge in [0.15, 0.2) is 6.20 Å². The minimum atomic E-state index is -4.71. The van der Waals surface area contributed by atoms with Gasteiger partial charge in [-0.15, -0.1) is 0 Å². The van der Waals surface area contributed by atoms with Gasteiger partial charge in [-0.2, -0.15) is 17.9 Å². The molecular formula is C9H12F3N3O2S. The molecule has 0 aliphatic heterocycles. The van der Waals surface area contributed by atoms with Gasteiger partial charge in [-0.3, -0.25) is 0 Å². The fourth-order valence-electron chi connectivity index (χ4n) is 1.34. The van der Waals surface area contributed by atoms with E-state index in [4.69, 9.17) is 5.73 Å². The molecule has 1 aromatic rings. The van der Waals surface area contributed by atoms with E-state index in [1.54, 1.807) is 0 Å². The predicted octanol–water partition coefficient (Wildman–Crippen LogP) is 0.853. The number of nitrogens with zero attached hydrogens (tertiary/aromatic N) is 2. The van der Waals surface area contributed by atoms with Crippen LogP contribution in [0.15, 0.2) is 22.7 Å². The van der Waals surface area contributed by atoms with Gasteiger partial charge in [-0.1, -0.05) is 0 Å². The lowest BCUT2D eigenvalue weighted by Crippen LogP contribution is -2.36. The van der Waals surface area contributed by atoms with Gasteiger partial charge < -0.3 is 10.9 Å². The van der Waals surface area contributed by atoms with Crippen molar-refractivity contribution in [3.8, 4) is 0 Å². The standard InChI is InChI=1S/C9H12F3N3O2S/c1-18(17,14-6-13)5-7-2-3-8(9(10,11)12)15(16)4-7/h2-4H,5-6,13H2,1H3. The number of rotatable bonds is 3. The van der Waals surface area contributed by atoms with Crippen LogP contribution >= 0.6 is 0 Å². The van der Waals surface area contributed by atoms with Gasteiger partial charge in [0.2, 0.25) is 0 Å². The molecule has 5 nitrogen and oxygen atoms in total. The largest absolute Gasteiger partial charge is 0.618 e. The van der Waals surface area contributed by atoms with Gasteiger partial charge in [0.05, 0.1) is 12.4 Å². The van der Waals surface area contributed by atoms with Crippen molar-refractivity contribution >= 4 is 9.73 Å². The van der Waals surface area contributed by atoms with Gasteiger partial charge in [0.1, 0.15) is 0 Å². The Kier molecular flexibility index (Phi) is 4.17. The highest BCUT2D eigenvalue weighted by atomic mass is 32.2. The third-order valence-corrected chi connectivity index (χ3v) is 3.61. The summed E-state index contributed by atoms with van der Waals surface area (Å²) in [6.07, 6.45) is -2.64. The molecule has 0 radical (unpaired) electrons. The number of aromatic nitrogens is 1. The molecule has 0 aliphatic carbocycles. The second-order valence-electron chi connectivity index (χ2n) is 3.66. The molecule has 0 fully saturated rings. The molecule has 1 rings (SSSR count). The van der Waals surface area contributed by atoms with Crippen LogP contribution in [0.1, 0.15) is 11.3 Å². The van der Waals surface area contributed by atoms with Gasteiger partial charge in [-0.05, 0) is 6.07 Å². The molecule has 102 valence electrons. The van der Waals surface area contributed by atoms with Crippen molar-refractivity contribution in [1.29, 1.82) is 0 Å². The Morgan fingerprint density at radius 2 is 2.11 bits per heavy atom. The Bertz CT molecular complexity index is 550. The van der Waals surface area contributed by atoms with Crippen molar-refractivity contribution in [2.75, 3.05) is 12.9 Å². The van der Waals surface area contributed by atoms with E-state index in [9.17, 15) is 22.6 Å². The van der Waals surface area contributed by atoms with E-state index in [0.29, 0.717) is 6.07 Å². The second kappa shape index (κ2) is 5.11. The minimum Gasteiger partial charge on any atom is -0.618 e. The van der Waals surface area contributed by atoms with Crippen LogP contribution in [0, 0.1) is 5.21 Å². The summed E-state index contributed by atoms with van der Waals surface area (Å²) in [6, 6.07) is 1.76. The van der Waals surface area contributed by atoms with E-state index in [1.807, 2.05) is 0 Å². The highest BCUT2D eigenvalue weighted by Gasteiger charge is 2.39. The van der Waals surface area contributed by atoms with Crippen molar-refractivity contribution in [2.24, 2.45) is 10.1 Å². The highest BCUT2D eigenvalue weighted by molar-refractivity contribution is 7.92. The minimum absolute atomic E-state index is 0.120. The van der Waals surface area contributed by atoms with Crippen LogP contribution in [-0.2, 0) is 21.7 Å². The highest BCUT2D eigenvalue weighted by Crippen LogP contribution is 2.26. The van der Waals surface area contributed by atoms with Crippen molar-refractivity contribution in [3.63, 3.8) is 0 Å². The van der Waals surface area contributed by atoms with E-state index in [-0.39, 0.29) is 22.7 Å². The summed E-state index contributed by atoms with van der Waals surface area (Å²) >= 11 is 0. The van der Waals surface area contributed by atoms with E-state index < -0.39 is 21.6 Å². The van der Waals surface area contributed by atoms with Gasteiger partial charge >= 0.3 is 6.18 Å². The van der Waals surface area contributed by atoms with E-state index in [1.165, 1.54) is 6.26 Å². The molecule has 0 amide bonds. The number of nitrogens with two attached hydrogens (primary N) is 1. The average Bonchev–Trinajstić information content (AvgIpc) is 2.13. The molecule has 9 heteroatoms. The third-order valence-electron chi connectivity index (χ3n) is 2.05. The number of pyridine rings is 1. The first kappa shape index (κ1) is 14.7. The normalized spacial score (nSPS) is 15.2. The number of hydrogen-bond donors (Lipinski definition) is 1. The fourth-order valence-corrected chi connectivity index (χ4v) is 2.54. The van der Waals surface area contributed by atoms with Crippen molar-refractivity contribution in [2.45, 2.75) is 11.9 Å². The number of alkyl halides is 3. The summed E-state index contributed by atoms with van der Waals surface area (Å²) in [6.45, 7) is -0.145. The summed E-state index contributed by atoms with van der Waals surface area (Å²) in [5.74, 6) is -0.120. The molecule has 0 bridgehead atoms.